The molecule has 0 aliphatic rings. The van der Waals surface area contributed by atoms with Crippen molar-refractivity contribution in [1.29, 1.82) is 0 Å². The summed E-state index contributed by atoms with van der Waals surface area (Å²) in [6.07, 6.45) is 1.38. The van der Waals surface area contributed by atoms with Crippen LogP contribution >= 0.6 is 27.5 Å². The fourth-order valence-electron chi connectivity index (χ4n) is 2.66. The molecule has 0 bridgehead atoms. The predicted molar refractivity (Wildman–Crippen MR) is 125 cm³/mol. The Morgan fingerprint density at radius 2 is 1.56 bits per heavy atom. The molecule has 0 aliphatic heterocycles. The molecule has 0 heterocycles. The first kappa shape index (κ1) is 23.3. The third-order valence-electron chi connectivity index (χ3n) is 4.27. The van der Waals surface area contributed by atoms with Gasteiger partial charge in [0.05, 0.1) is 26.0 Å². The Hall–Kier alpha value is -3.36. The molecule has 0 radical (unpaired) electrons. The van der Waals surface area contributed by atoms with Crippen LogP contribution in [0.15, 0.2) is 70.2 Å². The van der Waals surface area contributed by atoms with Crippen molar-refractivity contribution in [2.45, 2.75) is 0 Å². The van der Waals surface area contributed by atoms with Gasteiger partial charge >= 0.3 is 5.97 Å². The average Bonchev–Trinajstić information content (AvgIpc) is 2.80. The van der Waals surface area contributed by atoms with Crippen LogP contribution in [-0.4, -0.2) is 32.3 Å². The average molecular weight is 518 g/mol. The van der Waals surface area contributed by atoms with Crippen molar-refractivity contribution in [3.8, 4) is 17.2 Å². The standard InChI is InChI=1S/C23H18BrClN2O5/c1-30-20-9-5-15(12-21(20)31-2)23(29)32-19-10-6-17(24)11-16(19)13-26-27-22(28)14-3-7-18(25)8-4-14/h3-13H,1-2H3,(H,27,28)/b26-13-. The van der Waals surface area contributed by atoms with Gasteiger partial charge in [0.15, 0.2) is 11.5 Å². The van der Waals surface area contributed by atoms with Gasteiger partial charge in [0, 0.05) is 20.6 Å². The van der Waals surface area contributed by atoms with Crippen LogP contribution in [0.3, 0.4) is 0 Å². The summed E-state index contributed by atoms with van der Waals surface area (Å²) in [5.41, 5.74) is 3.59. The second kappa shape index (κ2) is 10.8. The number of esters is 1. The van der Waals surface area contributed by atoms with E-state index in [9.17, 15) is 9.59 Å². The molecule has 0 saturated heterocycles. The molecular formula is C23H18BrClN2O5. The predicted octanol–water partition coefficient (Wildman–Crippen LogP) is 5.10. The number of rotatable bonds is 7. The third kappa shape index (κ3) is 5.87. The lowest BCUT2D eigenvalue weighted by Crippen LogP contribution is -2.17. The number of hydrogen-bond acceptors (Lipinski definition) is 6. The molecule has 1 amide bonds. The number of hydrogen-bond donors (Lipinski definition) is 1. The highest BCUT2D eigenvalue weighted by Gasteiger charge is 2.15. The van der Waals surface area contributed by atoms with E-state index in [2.05, 4.69) is 26.5 Å². The first-order valence-corrected chi connectivity index (χ1v) is 10.4. The van der Waals surface area contributed by atoms with Gasteiger partial charge in [-0.1, -0.05) is 27.5 Å². The summed E-state index contributed by atoms with van der Waals surface area (Å²) in [7, 11) is 2.99. The van der Waals surface area contributed by atoms with Crippen molar-refractivity contribution >= 4 is 45.6 Å². The summed E-state index contributed by atoms with van der Waals surface area (Å²) in [6, 6.07) is 16.2. The molecule has 32 heavy (non-hydrogen) atoms. The van der Waals surface area contributed by atoms with E-state index < -0.39 is 11.9 Å². The first-order valence-electron chi connectivity index (χ1n) is 9.24. The maximum atomic E-state index is 12.7. The lowest BCUT2D eigenvalue weighted by atomic mass is 10.2. The minimum atomic E-state index is -0.590. The quantitative estimate of drug-likeness (QED) is 0.204. The fraction of sp³-hybridized carbons (Fsp3) is 0.0870. The van der Waals surface area contributed by atoms with E-state index in [1.54, 1.807) is 54.6 Å². The molecule has 164 valence electrons. The largest absolute Gasteiger partial charge is 0.493 e. The Labute approximate surface area is 198 Å². The maximum absolute atomic E-state index is 12.7. The molecule has 3 aromatic rings. The van der Waals surface area contributed by atoms with Crippen molar-refractivity contribution in [3.05, 3.63) is 86.8 Å². The third-order valence-corrected chi connectivity index (χ3v) is 5.02. The van der Waals surface area contributed by atoms with Gasteiger partial charge < -0.3 is 14.2 Å². The van der Waals surface area contributed by atoms with Crippen LogP contribution in [0.4, 0.5) is 0 Å². The fourth-order valence-corrected chi connectivity index (χ4v) is 3.17. The Bertz CT molecular complexity index is 1170. The van der Waals surface area contributed by atoms with E-state index in [1.807, 2.05) is 0 Å². The molecule has 3 rings (SSSR count). The van der Waals surface area contributed by atoms with Crippen LogP contribution < -0.4 is 19.6 Å². The van der Waals surface area contributed by atoms with Crippen molar-refractivity contribution in [1.82, 2.24) is 5.43 Å². The number of carbonyl (C=O) groups excluding carboxylic acids is 2. The van der Waals surface area contributed by atoms with Gasteiger partial charge in [-0.05, 0) is 60.7 Å². The molecule has 1 N–H and O–H groups in total. The number of methoxy groups -OCH3 is 2. The Kier molecular flexibility index (Phi) is 7.86. The highest BCUT2D eigenvalue weighted by Crippen LogP contribution is 2.29. The maximum Gasteiger partial charge on any atom is 0.343 e. The monoisotopic (exact) mass is 516 g/mol. The summed E-state index contributed by atoms with van der Waals surface area (Å²) in [4.78, 5) is 24.8. The second-order valence-electron chi connectivity index (χ2n) is 6.35. The SMILES string of the molecule is COc1ccc(C(=O)Oc2ccc(Br)cc2/C=N\NC(=O)c2ccc(Cl)cc2)cc1OC. The van der Waals surface area contributed by atoms with Crippen molar-refractivity contribution < 1.29 is 23.8 Å². The molecule has 0 fully saturated rings. The van der Waals surface area contributed by atoms with Crippen LogP contribution in [0.5, 0.6) is 17.2 Å². The highest BCUT2D eigenvalue weighted by atomic mass is 79.9. The molecule has 7 nitrogen and oxygen atoms in total. The smallest absolute Gasteiger partial charge is 0.343 e. The number of benzene rings is 3. The number of hydrazone groups is 1. The summed E-state index contributed by atoms with van der Waals surface area (Å²) < 4.78 is 16.7. The normalized spacial score (nSPS) is 10.6. The molecule has 0 atom stereocenters. The van der Waals surface area contributed by atoms with Gasteiger partial charge in [0.25, 0.3) is 5.91 Å². The van der Waals surface area contributed by atoms with Gasteiger partial charge in [0.2, 0.25) is 0 Å². The van der Waals surface area contributed by atoms with Crippen molar-refractivity contribution in [3.63, 3.8) is 0 Å². The summed E-state index contributed by atoms with van der Waals surface area (Å²) in [5, 5.41) is 4.49. The second-order valence-corrected chi connectivity index (χ2v) is 7.70. The van der Waals surface area contributed by atoms with Gasteiger partial charge in [0.1, 0.15) is 5.75 Å². The van der Waals surface area contributed by atoms with Crippen molar-refractivity contribution in [2.24, 2.45) is 5.10 Å². The molecule has 0 unspecified atom stereocenters. The minimum absolute atomic E-state index is 0.262. The number of ether oxygens (including phenoxy) is 3. The van der Waals surface area contributed by atoms with Crippen LogP contribution in [0.2, 0.25) is 5.02 Å². The highest BCUT2D eigenvalue weighted by molar-refractivity contribution is 9.10. The summed E-state index contributed by atoms with van der Waals surface area (Å²) in [5.74, 6) is 0.170. The van der Waals surface area contributed by atoms with Crippen LogP contribution in [-0.2, 0) is 0 Å². The molecule has 9 heteroatoms. The van der Waals surface area contributed by atoms with Crippen LogP contribution in [0, 0.1) is 0 Å². The first-order chi connectivity index (χ1) is 15.4. The Balaban J connectivity index is 1.76. The van der Waals surface area contributed by atoms with Gasteiger partial charge in [-0.3, -0.25) is 4.79 Å². The van der Waals surface area contributed by atoms with E-state index in [1.165, 1.54) is 26.5 Å². The molecule has 0 aromatic heterocycles. The Morgan fingerprint density at radius 1 is 0.906 bits per heavy atom. The molecule has 3 aromatic carbocycles. The van der Waals surface area contributed by atoms with E-state index >= 15 is 0 Å². The molecular weight excluding hydrogens is 500 g/mol. The lowest BCUT2D eigenvalue weighted by molar-refractivity contribution is 0.0733. The molecule has 0 saturated carbocycles. The zero-order chi connectivity index (χ0) is 23.1. The Morgan fingerprint density at radius 3 is 2.25 bits per heavy atom. The van der Waals surface area contributed by atoms with Gasteiger partial charge in [-0.25, -0.2) is 10.2 Å². The number of nitrogens with one attached hydrogen (secondary N) is 1. The van der Waals surface area contributed by atoms with Gasteiger partial charge in [-0.2, -0.15) is 5.10 Å². The van der Waals surface area contributed by atoms with Crippen LogP contribution in [0.1, 0.15) is 26.3 Å². The van der Waals surface area contributed by atoms with Crippen LogP contribution in [0.25, 0.3) is 0 Å². The topological polar surface area (TPSA) is 86.2 Å². The van der Waals surface area contributed by atoms with E-state index in [4.69, 9.17) is 25.8 Å². The van der Waals surface area contributed by atoms with Gasteiger partial charge in [-0.15, -0.1) is 0 Å². The molecule has 0 aliphatic carbocycles. The molecule has 0 spiro atoms. The number of nitrogens with zero attached hydrogens (tertiary/aromatic N) is 1. The zero-order valence-corrected chi connectivity index (χ0v) is 19.4. The summed E-state index contributed by atoms with van der Waals surface area (Å²) >= 11 is 9.20. The van der Waals surface area contributed by atoms with Crippen molar-refractivity contribution in [2.75, 3.05) is 14.2 Å². The number of halogens is 2. The van der Waals surface area contributed by atoms with E-state index in [-0.39, 0.29) is 11.3 Å². The van der Waals surface area contributed by atoms with E-state index in [0.29, 0.717) is 27.6 Å². The zero-order valence-electron chi connectivity index (χ0n) is 17.1. The number of carbonyl (C=O) groups is 2. The minimum Gasteiger partial charge on any atom is -0.493 e. The summed E-state index contributed by atoms with van der Waals surface area (Å²) in [6.45, 7) is 0. The van der Waals surface area contributed by atoms with E-state index in [0.717, 1.165) is 4.47 Å². The lowest BCUT2D eigenvalue weighted by Gasteiger charge is -2.11. The number of amides is 1.